The van der Waals surface area contributed by atoms with Crippen molar-refractivity contribution in [2.24, 2.45) is 11.7 Å². The van der Waals surface area contributed by atoms with Crippen LogP contribution in [0.25, 0.3) is 0 Å². The summed E-state index contributed by atoms with van der Waals surface area (Å²) in [7, 11) is 2.16. The number of thiazole rings is 1. The van der Waals surface area contributed by atoms with Gasteiger partial charge in [-0.15, -0.1) is 11.3 Å². The molecule has 1 aliphatic rings. The molecule has 3 nitrogen and oxygen atoms in total. The molecule has 4 heteroatoms. The Morgan fingerprint density at radius 1 is 1.79 bits per heavy atom. The molecule has 2 N–H and O–H groups in total. The van der Waals surface area contributed by atoms with Gasteiger partial charge in [-0.05, 0) is 39.4 Å². The zero-order valence-electron chi connectivity index (χ0n) is 8.73. The second kappa shape index (κ2) is 3.61. The van der Waals surface area contributed by atoms with E-state index in [0.717, 1.165) is 13.1 Å². The minimum atomic E-state index is 0.0503. The lowest BCUT2D eigenvalue weighted by Crippen LogP contribution is -2.42. The number of rotatable bonds is 2. The standard InChI is InChI=1S/C10H17N3S/c1-10(9-6-14-7-12-9)8(5-11)3-4-13(10)2/h6-8H,3-5,11H2,1-2H3. The van der Waals surface area contributed by atoms with Crippen LogP contribution in [0.15, 0.2) is 10.9 Å². The molecule has 0 spiro atoms. The summed E-state index contributed by atoms with van der Waals surface area (Å²) in [5.74, 6) is 0.537. The van der Waals surface area contributed by atoms with Crippen LogP contribution < -0.4 is 5.73 Å². The average Bonchev–Trinajstić information content (AvgIpc) is 2.77. The van der Waals surface area contributed by atoms with Crippen molar-refractivity contribution in [2.45, 2.75) is 18.9 Å². The van der Waals surface area contributed by atoms with E-state index in [1.807, 2.05) is 5.51 Å². The first-order valence-electron chi connectivity index (χ1n) is 4.99. The van der Waals surface area contributed by atoms with Gasteiger partial charge in [0.1, 0.15) is 0 Å². The van der Waals surface area contributed by atoms with Gasteiger partial charge in [0.05, 0.1) is 16.7 Å². The van der Waals surface area contributed by atoms with Crippen molar-refractivity contribution >= 4 is 11.3 Å². The van der Waals surface area contributed by atoms with Crippen LogP contribution in [0, 0.1) is 5.92 Å². The number of aromatic nitrogens is 1. The Morgan fingerprint density at radius 3 is 3.14 bits per heavy atom. The third-order valence-corrected chi connectivity index (χ3v) is 4.22. The lowest BCUT2D eigenvalue weighted by atomic mass is 9.84. The maximum atomic E-state index is 5.83. The largest absolute Gasteiger partial charge is 0.330 e. The van der Waals surface area contributed by atoms with Gasteiger partial charge in [-0.2, -0.15) is 0 Å². The fourth-order valence-electron chi connectivity index (χ4n) is 2.39. The zero-order valence-corrected chi connectivity index (χ0v) is 9.55. The summed E-state index contributed by atoms with van der Waals surface area (Å²) in [6, 6.07) is 0. The predicted octanol–water partition coefficient (Wildman–Crippen LogP) is 1.27. The highest BCUT2D eigenvalue weighted by Gasteiger charge is 2.44. The molecular weight excluding hydrogens is 194 g/mol. The van der Waals surface area contributed by atoms with Crippen LogP contribution in [-0.4, -0.2) is 30.0 Å². The van der Waals surface area contributed by atoms with Crippen LogP contribution in [-0.2, 0) is 5.54 Å². The van der Waals surface area contributed by atoms with Crippen molar-refractivity contribution in [3.8, 4) is 0 Å². The van der Waals surface area contributed by atoms with Gasteiger partial charge in [-0.1, -0.05) is 0 Å². The number of nitrogens with zero attached hydrogens (tertiary/aromatic N) is 2. The van der Waals surface area contributed by atoms with E-state index in [-0.39, 0.29) is 5.54 Å². The Balaban J connectivity index is 2.36. The van der Waals surface area contributed by atoms with E-state index in [9.17, 15) is 0 Å². The molecule has 0 aliphatic carbocycles. The minimum Gasteiger partial charge on any atom is -0.330 e. The number of hydrogen-bond acceptors (Lipinski definition) is 4. The molecule has 1 fully saturated rings. The molecule has 2 rings (SSSR count). The first kappa shape index (κ1) is 10.1. The van der Waals surface area contributed by atoms with Crippen LogP contribution >= 0.6 is 11.3 Å². The van der Waals surface area contributed by atoms with E-state index in [2.05, 4.69) is 29.2 Å². The van der Waals surface area contributed by atoms with Gasteiger partial charge in [0, 0.05) is 5.38 Å². The van der Waals surface area contributed by atoms with Gasteiger partial charge in [0.2, 0.25) is 0 Å². The fourth-order valence-corrected chi connectivity index (χ4v) is 3.05. The van der Waals surface area contributed by atoms with E-state index in [4.69, 9.17) is 5.73 Å². The van der Waals surface area contributed by atoms with E-state index in [0.29, 0.717) is 5.92 Å². The van der Waals surface area contributed by atoms with E-state index >= 15 is 0 Å². The summed E-state index contributed by atoms with van der Waals surface area (Å²) in [6.45, 7) is 4.13. The molecular formula is C10H17N3S. The summed E-state index contributed by atoms with van der Waals surface area (Å²) in [6.07, 6.45) is 1.18. The summed E-state index contributed by atoms with van der Waals surface area (Å²) in [4.78, 5) is 6.81. The molecule has 1 aliphatic heterocycles. The monoisotopic (exact) mass is 211 g/mol. The summed E-state index contributed by atoms with van der Waals surface area (Å²) in [5.41, 5.74) is 8.96. The van der Waals surface area contributed by atoms with Gasteiger partial charge < -0.3 is 5.73 Å². The second-order valence-corrected chi connectivity index (χ2v) is 4.88. The Bertz CT molecular complexity index is 298. The molecule has 0 amide bonds. The maximum absolute atomic E-state index is 5.83. The molecule has 1 aromatic rings. The molecule has 2 atom stereocenters. The average molecular weight is 211 g/mol. The fraction of sp³-hybridized carbons (Fsp3) is 0.700. The Hall–Kier alpha value is -0.450. The lowest BCUT2D eigenvalue weighted by molar-refractivity contribution is 0.148. The molecule has 0 saturated carbocycles. The van der Waals surface area contributed by atoms with Crippen LogP contribution in [0.1, 0.15) is 19.0 Å². The predicted molar refractivity (Wildman–Crippen MR) is 59.3 cm³/mol. The van der Waals surface area contributed by atoms with Gasteiger partial charge in [-0.25, -0.2) is 4.98 Å². The normalized spacial score (nSPS) is 33.8. The summed E-state index contributed by atoms with van der Waals surface area (Å²) < 4.78 is 0. The Morgan fingerprint density at radius 2 is 2.57 bits per heavy atom. The molecule has 2 unspecified atom stereocenters. The molecule has 0 radical (unpaired) electrons. The highest BCUT2D eigenvalue weighted by Crippen LogP contribution is 2.41. The van der Waals surface area contributed by atoms with Crippen molar-refractivity contribution in [3.05, 3.63) is 16.6 Å². The zero-order chi connectivity index (χ0) is 10.2. The van der Waals surface area contributed by atoms with Crippen LogP contribution in [0.2, 0.25) is 0 Å². The van der Waals surface area contributed by atoms with Crippen LogP contribution in [0.5, 0.6) is 0 Å². The Kier molecular flexibility index (Phi) is 2.60. The highest BCUT2D eigenvalue weighted by molar-refractivity contribution is 7.07. The van der Waals surface area contributed by atoms with Gasteiger partial charge >= 0.3 is 0 Å². The molecule has 0 aromatic carbocycles. The number of likely N-dealkylation sites (tertiary alicyclic amines) is 1. The number of nitrogens with two attached hydrogens (primary N) is 1. The molecule has 0 bridgehead atoms. The number of hydrogen-bond donors (Lipinski definition) is 1. The highest BCUT2D eigenvalue weighted by atomic mass is 32.1. The minimum absolute atomic E-state index is 0.0503. The molecule has 14 heavy (non-hydrogen) atoms. The van der Waals surface area contributed by atoms with Crippen molar-refractivity contribution in [1.82, 2.24) is 9.88 Å². The molecule has 1 aromatic heterocycles. The van der Waals surface area contributed by atoms with Crippen molar-refractivity contribution in [2.75, 3.05) is 20.1 Å². The van der Waals surface area contributed by atoms with Gasteiger partial charge in [0.25, 0.3) is 0 Å². The van der Waals surface area contributed by atoms with E-state index in [1.54, 1.807) is 11.3 Å². The van der Waals surface area contributed by atoms with Gasteiger partial charge in [-0.3, -0.25) is 4.90 Å². The quantitative estimate of drug-likeness (QED) is 0.801. The van der Waals surface area contributed by atoms with Crippen LogP contribution in [0.3, 0.4) is 0 Å². The maximum Gasteiger partial charge on any atom is 0.0795 e. The second-order valence-electron chi connectivity index (χ2n) is 4.16. The van der Waals surface area contributed by atoms with E-state index in [1.165, 1.54) is 12.1 Å². The topological polar surface area (TPSA) is 42.1 Å². The molecule has 78 valence electrons. The Labute approximate surface area is 88.9 Å². The van der Waals surface area contributed by atoms with Crippen molar-refractivity contribution < 1.29 is 0 Å². The van der Waals surface area contributed by atoms with Crippen molar-refractivity contribution in [3.63, 3.8) is 0 Å². The third kappa shape index (κ3) is 1.29. The first-order chi connectivity index (χ1) is 6.69. The smallest absolute Gasteiger partial charge is 0.0795 e. The summed E-state index contributed by atoms with van der Waals surface area (Å²) >= 11 is 1.66. The lowest BCUT2D eigenvalue weighted by Gasteiger charge is -2.35. The van der Waals surface area contributed by atoms with E-state index < -0.39 is 0 Å². The third-order valence-electron chi connectivity index (χ3n) is 3.64. The first-order valence-corrected chi connectivity index (χ1v) is 5.94. The molecule has 1 saturated heterocycles. The van der Waals surface area contributed by atoms with Crippen LogP contribution in [0.4, 0.5) is 0 Å². The molecule has 2 heterocycles. The SMILES string of the molecule is CN1CCC(CN)C1(C)c1cscn1. The van der Waals surface area contributed by atoms with Crippen molar-refractivity contribution in [1.29, 1.82) is 0 Å². The van der Waals surface area contributed by atoms with Gasteiger partial charge in [0.15, 0.2) is 0 Å². The summed E-state index contributed by atoms with van der Waals surface area (Å²) in [5, 5.41) is 2.14.